The average Bonchev–Trinajstić information content (AvgIpc) is 2.29. The summed E-state index contributed by atoms with van der Waals surface area (Å²) in [5.74, 6) is 0.255. The quantitative estimate of drug-likeness (QED) is 0.688. The first-order valence-corrected chi connectivity index (χ1v) is 6.28. The van der Waals surface area contributed by atoms with E-state index >= 15 is 0 Å². The monoisotopic (exact) mass is 191 g/mol. The van der Waals surface area contributed by atoms with Gasteiger partial charge in [-0.1, -0.05) is 6.92 Å². The fraction of sp³-hybridized carbons (Fsp3) is 1.00. The van der Waals surface area contributed by atoms with Gasteiger partial charge in [0.25, 0.3) is 0 Å². The Morgan fingerprint density at radius 2 is 1.92 bits per heavy atom. The number of rotatable bonds is 2. The van der Waals surface area contributed by atoms with Crippen LogP contribution in [-0.2, 0) is 9.84 Å². The maximum absolute atomic E-state index is 11.3. The third-order valence-electron chi connectivity index (χ3n) is 2.90. The van der Waals surface area contributed by atoms with Crippen molar-refractivity contribution >= 4 is 9.84 Å². The zero-order chi connectivity index (χ0) is 9.35. The molecule has 3 atom stereocenters. The second kappa shape index (κ2) is 3.34. The van der Waals surface area contributed by atoms with Gasteiger partial charge in [0, 0.05) is 12.3 Å². The fourth-order valence-corrected chi connectivity index (χ4v) is 3.67. The minimum atomic E-state index is -2.83. The Kier molecular flexibility index (Phi) is 2.78. The number of nitrogens with one attached hydrogen (secondary N) is 1. The fourth-order valence-electron chi connectivity index (χ4n) is 2.14. The zero-order valence-electron chi connectivity index (χ0n) is 7.87. The molecule has 0 aliphatic heterocycles. The predicted octanol–water partition coefficient (Wildman–Crippen LogP) is 0.417. The van der Waals surface area contributed by atoms with Crippen LogP contribution in [0.4, 0.5) is 0 Å². The van der Waals surface area contributed by atoms with Crippen LogP contribution in [0.2, 0.25) is 0 Å². The minimum absolute atomic E-state index is 0.130. The van der Waals surface area contributed by atoms with Gasteiger partial charge < -0.3 is 5.32 Å². The predicted molar refractivity (Wildman–Crippen MR) is 49.9 cm³/mol. The number of hydrogen-bond donors (Lipinski definition) is 1. The van der Waals surface area contributed by atoms with Crippen LogP contribution in [0.1, 0.15) is 19.8 Å². The third-order valence-corrected chi connectivity index (χ3v) is 4.67. The molecule has 0 aromatic rings. The van der Waals surface area contributed by atoms with Crippen molar-refractivity contribution in [1.29, 1.82) is 0 Å². The van der Waals surface area contributed by atoms with Gasteiger partial charge in [0.2, 0.25) is 0 Å². The van der Waals surface area contributed by atoms with Crippen LogP contribution in [0, 0.1) is 5.92 Å². The van der Waals surface area contributed by atoms with Crippen molar-refractivity contribution in [2.24, 2.45) is 5.92 Å². The van der Waals surface area contributed by atoms with E-state index in [0.29, 0.717) is 6.04 Å². The molecule has 0 spiro atoms. The molecule has 0 aromatic heterocycles. The highest BCUT2D eigenvalue weighted by Gasteiger charge is 2.37. The molecule has 1 aliphatic carbocycles. The maximum atomic E-state index is 11.3. The lowest BCUT2D eigenvalue weighted by molar-refractivity contribution is 0.454. The third kappa shape index (κ3) is 1.80. The summed E-state index contributed by atoms with van der Waals surface area (Å²) in [6.07, 6.45) is 3.13. The van der Waals surface area contributed by atoms with E-state index in [4.69, 9.17) is 0 Å². The van der Waals surface area contributed by atoms with Gasteiger partial charge in [-0.25, -0.2) is 8.42 Å². The van der Waals surface area contributed by atoms with Crippen LogP contribution in [0.25, 0.3) is 0 Å². The van der Waals surface area contributed by atoms with E-state index in [1.165, 1.54) is 6.26 Å². The van der Waals surface area contributed by atoms with Gasteiger partial charge in [-0.3, -0.25) is 0 Å². The summed E-state index contributed by atoms with van der Waals surface area (Å²) in [6, 6.07) is 0.379. The van der Waals surface area contributed by atoms with Crippen LogP contribution in [-0.4, -0.2) is 33.0 Å². The summed E-state index contributed by atoms with van der Waals surface area (Å²) in [4.78, 5) is 0. The first-order chi connectivity index (χ1) is 5.46. The van der Waals surface area contributed by atoms with E-state index in [2.05, 4.69) is 5.32 Å². The van der Waals surface area contributed by atoms with Gasteiger partial charge in [0.15, 0.2) is 9.84 Å². The zero-order valence-corrected chi connectivity index (χ0v) is 8.69. The minimum Gasteiger partial charge on any atom is -0.317 e. The average molecular weight is 191 g/mol. The Bertz CT molecular complexity index is 248. The van der Waals surface area contributed by atoms with Crippen molar-refractivity contribution in [2.75, 3.05) is 13.3 Å². The lowest BCUT2D eigenvalue weighted by atomic mass is 10.1. The Morgan fingerprint density at radius 3 is 2.17 bits per heavy atom. The molecule has 1 aliphatic rings. The van der Waals surface area contributed by atoms with Gasteiger partial charge in [0.05, 0.1) is 5.25 Å². The van der Waals surface area contributed by atoms with Crippen molar-refractivity contribution in [3.8, 4) is 0 Å². The molecule has 0 bridgehead atoms. The van der Waals surface area contributed by atoms with E-state index in [0.717, 1.165) is 12.8 Å². The molecule has 0 amide bonds. The van der Waals surface area contributed by atoms with Crippen molar-refractivity contribution in [3.05, 3.63) is 0 Å². The first kappa shape index (κ1) is 9.99. The highest BCUT2D eigenvalue weighted by Crippen LogP contribution is 2.30. The van der Waals surface area contributed by atoms with Crippen LogP contribution in [0.15, 0.2) is 0 Å². The molecule has 1 rings (SSSR count). The second-order valence-electron chi connectivity index (χ2n) is 3.70. The molecule has 4 heteroatoms. The molecule has 1 fully saturated rings. The van der Waals surface area contributed by atoms with E-state index in [-0.39, 0.29) is 11.2 Å². The van der Waals surface area contributed by atoms with Gasteiger partial charge in [-0.2, -0.15) is 0 Å². The van der Waals surface area contributed by atoms with Gasteiger partial charge in [-0.15, -0.1) is 0 Å². The normalized spacial score (nSPS) is 37.1. The molecule has 0 radical (unpaired) electrons. The Hall–Kier alpha value is -0.0900. The molecule has 3 unspecified atom stereocenters. The van der Waals surface area contributed by atoms with Crippen molar-refractivity contribution < 1.29 is 8.42 Å². The molecular formula is C8H17NO2S. The van der Waals surface area contributed by atoms with Crippen LogP contribution >= 0.6 is 0 Å². The van der Waals surface area contributed by atoms with Crippen molar-refractivity contribution in [1.82, 2.24) is 5.32 Å². The Morgan fingerprint density at radius 1 is 1.33 bits per heavy atom. The van der Waals surface area contributed by atoms with Gasteiger partial charge in [-0.05, 0) is 25.8 Å². The number of hydrogen-bond acceptors (Lipinski definition) is 3. The summed E-state index contributed by atoms with van der Waals surface area (Å²) in [6.45, 7) is 2.01. The standard InChI is InChI=1S/C8H17NO2S/c1-6-7(9-2)4-5-8(6)12(3,10)11/h6-9H,4-5H2,1-3H3. The smallest absolute Gasteiger partial charge is 0.150 e. The molecule has 1 saturated carbocycles. The van der Waals surface area contributed by atoms with E-state index in [1.807, 2.05) is 14.0 Å². The highest BCUT2D eigenvalue weighted by atomic mass is 32.2. The molecule has 12 heavy (non-hydrogen) atoms. The highest BCUT2D eigenvalue weighted by molar-refractivity contribution is 7.91. The first-order valence-electron chi connectivity index (χ1n) is 4.33. The van der Waals surface area contributed by atoms with E-state index in [1.54, 1.807) is 0 Å². The SMILES string of the molecule is CNC1CCC(S(C)(=O)=O)C1C. The lowest BCUT2D eigenvalue weighted by Crippen LogP contribution is -2.33. The molecule has 0 heterocycles. The largest absolute Gasteiger partial charge is 0.317 e. The molecular weight excluding hydrogens is 174 g/mol. The van der Waals surface area contributed by atoms with E-state index < -0.39 is 9.84 Å². The Balaban J connectivity index is 2.74. The summed E-state index contributed by atoms with van der Waals surface area (Å²) in [5.41, 5.74) is 0. The molecule has 1 N–H and O–H groups in total. The lowest BCUT2D eigenvalue weighted by Gasteiger charge is -2.18. The van der Waals surface area contributed by atoms with Crippen LogP contribution < -0.4 is 5.32 Å². The van der Waals surface area contributed by atoms with Crippen molar-refractivity contribution in [2.45, 2.75) is 31.1 Å². The van der Waals surface area contributed by atoms with Crippen LogP contribution in [0.5, 0.6) is 0 Å². The second-order valence-corrected chi connectivity index (χ2v) is 5.96. The molecule has 0 saturated heterocycles. The van der Waals surface area contributed by atoms with E-state index in [9.17, 15) is 8.42 Å². The summed E-state index contributed by atoms with van der Waals surface area (Å²) in [7, 11) is -0.940. The topological polar surface area (TPSA) is 46.2 Å². The molecule has 3 nitrogen and oxygen atoms in total. The van der Waals surface area contributed by atoms with Gasteiger partial charge in [0.1, 0.15) is 0 Å². The summed E-state index contributed by atoms with van der Waals surface area (Å²) < 4.78 is 22.6. The number of sulfone groups is 1. The summed E-state index contributed by atoms with van der Waals surface area (Å²) in [5, 5.41) is 3.02. The van der Waals surface area contributed by atoms with Gasteiger partial charge >= 0.3 is 0 Å². The Labute approximate surface area is 74.5 Å². The summed E-state index contributed by atoms with van der Waals surface area (Å²) >= 11 is 0. The maximum Gasteiger partial charge on any atom is 0.150 e. The molecule has 0 aromatic carbocycles. The van der Waals surface area contributed by atoms with Crippen LogP contribution in [0.3, 0.4) is 0 Å². The molecule has 72 valence electrons. The van der Waals surface area contributed by atoms with Crippen molar-refractivity contribution in [3.63, 3.8) is 0 Å².